The van der Waals surface area contributed by atoms with Gasteiger partial charge in [-0.3, -0.25) is 11.3 Å². The Morgan fingerprint density at radius 1 is 1.19 bits per heavy atom. The van der Waals surface area contributed by atoms with Crippen molar-refractivity contribution in [3.05, 3.63) is 52.0 Å². The molecule has 0 spiro atoms. The normalized spacial score (nSPS) is 12.5. The Morgan fingerprint density at radius 3 is 2.43 bits per heavy atom. The Balaban J connectivity index is 2.38. The van der Waals surface area contributed by atoms with E-state index in [0.717, 1.165) is 40.4 Å². The van der Waals surface area contributed by atoms with Gasteiger partial charge < -0.3 is 9.15 Å². The summed E-state index contributed by atoms with van der Waals surface area (Å²) in [4.78, 5) is 0. The zero-order valence-corrected chi connectivity index (χ0v) is 13.4. The summed E-state index contributed by atoms with van der Waals surface area (Å²) in [5.41, 5.74) is 7.55. The molecule has 4 nitrogen and oxygen atoms in total. The molecule has 0 aliphatic heterocycles. The molecule has 4 heteroatoms. The van der Waals surface area contributed by atoms with Crippen LogP contribution in [0.1, 0.15) is 39.8 Å². The molecule has 0 amide bonds. The first kappa shape index (κ1) is 15.6. The number of ether oxygens (including phenoxy) is 1. The summed E-state index contributed by atoms with van der Waals surface area (Å²) in [5, 5.41) is 0. The van der Waals surface area contributed by atoms with E-state index in [1.54, 1.807) is 7.11 Å². The van der Waals surface area contributed by atoms with Crippen molar-refractivity contribution < 1.29 is 9.15 Å². The summed E-state index contributed by atoms with van der Waals surface area (Å²) in [6.45, 7) is 8.10. The minimum atomic E-state index is -0.00171. The first-order valence-electron chi connectivity index (χ1n) is 7.14. The minimum Gasteiger partial charge on any atom is -0.496 e. The molecule has 114 valence electrons. The third kappa shape index (κ3) is 3.12. The van der Waals surface area contributed by atoms with Gasteiger partial charge in [-0.25, -0.2) is 0 Å². The van der Waals surface area contributed by atoms with Gasteiger partial charge in [-0.05, 0) is 51.3 Å². The van der Waals surface area contributed by atoms with Crippen molar-refractivity contribution in [1.82, 2.24) is 5.43 Å². The molecule has 0 aliphatic carbocycles. The monoisotopic (exact) mass is 288 g/mol. The van der Waals surface area contributed by atoms with Crippen molar-refractivity contribution in [3.63, 3.8) is 0 Å². The van der Waals surface area contributed by atoms with E-state index in [4.69, 9.17) is 15.0 Å². The van der Waals surface area contributed by atoms with Crippen molar-refractivity contribution >= 4 is 0 Å². The van der Waals surface area contributed by atoms with Crippen LogP contribution >= 0.6 is 0 Å². The molecule has 1 heterocycles. The molecule has 0 radical (unpaired) electrons. The predicted molar refractivity (Wildman–Crippen MR) is 84.4 cm³/mol. The molecule has 0 aliphatic rings. The van der Waals surface area contributed by atoms with Crippen LogP contribution in [0.15, 0.2) is 22.6 Å². The summed E-state index contributed by atoms with van der Waals surface area (Å²) < 4.78 is 11.2. The summed E-state index contributed by atoms with van der Waals surface area (Å²) in [6.07, 6.45) is 0.752. The van der Waals surface area contributed by atoms with Crippen LogP contribution in [0.4, 0.5) is 0 Å². The molecule has 1 unspecified atom stereocenters. The van der Waals surface area contributed by atoms with Crippen LogP contribution in [0.5, 0.6) is 5.75 Å². The lowest BCUT2D eigenvalue weighted by Crippen LogP contribution is -2.30. The van der Waals surface area contributed by atoms with Gasteiger partial charge in [0.2, 0.25) is 0 Å². The van der Waals surface area contributed by atoms with Gasteiger partial charge in [0.05, 0.1) is 13.2 Å². The van der Waals surface area contributed by atoms with Crippen LogP contribution in [0.3, 0.4) is 0 Å². The molecule has 21 heavy (non-hydrogen) atoms. The summed E-state index contributed by atoms with van der Waals surface area (Å²) in [7, 11) is 1.69. The van der Waals surface area contributed by atoms with Crippen LogP contribution in [0.25, 0.3) is 0 Å². The maximum Gasteiger partial charge on any atom is 0.122 e. The molecule has 0 fully saturated rings. The molecule has 2 aromatic rings. The van der Waals surface area contributed by atoms with E-state index in [-0.39, 0.29) is 6.04 Å². The largest absolute Gasteiger partial charge is 0.496 e. The Morgan fingerprint density at radius 2 is 1.90 bits per heavy atom. The van der Waals surface area contributed by atoms with Crippen molar-refractivity contribution in [3.8, 4) is 5.75 Å². The molecule has 0 saturated heterocycles. The molecule has 1 atom stereocenters. The van der Waals surface area contributed by atoms with Gasteiger partial charge in [0.25, 0.3) is 0 Å². The summed E-state index contributed by atoms with van der Waals surface area (Å²) in [5.74, 6) is 8.54. The number of benzene rings is 1. The Hall–Kier alpha value is -1.78. The van der Waals surface area contributed by atoms with Crippen LogP contribution in [-0.2, 0) is 6.42 Å². The number of furan rings is 1. The fourth-order valence-electron chi connectivity index (χ4n) is 2.85. The molecule has 0 saturated carbocycles. The second-order valence-electron chi connectivity index (χ2n) is 5.49. The van der Waals surface area contributed by atoms with Crippen LogP contribution in [0, 0.1) is 27.7 Å². The first-order chi connectivity index (χ1) is 9.97. The summed E-state index contributed by atoms with van der Waals surface area (Å²) >= 11 is 0. The maximum absolute atomic E-state index is 5.80. The fraction of sp³-hybridized carbons (Fsp3) is 0.412. The average molecular weight is 288 g/mol. The Kier molecular flexibility index (Phi) is 4.70. The number of nitrogens with one attached hydrogen (secondary N) is 1. The first-order valence-corrected chi connectivity index (χ1v) is 7.14. The highest BCUT2D eigenvalue weighted by molar-refractivity contribution is 5.40. The number of hydrazine groups is 1. The molecule has 0 bridgehead atoms. The molecule has 2 rings (SSSR count). The van der Waals surface area contributed by atoms with E-state index >= 15 is 0 Å². The van der Waals surface area contributed by atoms with Crippen LogP contribution < -0.4 is 16.0 Å². The quantitative estimate of drug-likeness (QED) is 0.655. The number of aryl methyl sites for hydroxylation is 3. The van der Waals surface area contributed by atoms with E-state index in [1.165, 1.54) is 5.56 Å². The number of methoxy groups -OCH3 is 1. The van der Waals surface area contributed by atoms with Gasteiger partial charge in [0, 0.05) is 5.56 Å². The number of nitrogens with two attached hydrogens (primary N) is 1. The van der Waals surface area contributed by atoms with Gasteiger partial charge in [0.15, 0.2) is 0 Å². The van der Waals surface area contributed by atoms with Gasteiger partial charge >= 0.3 is 0 Å². The van der Waals surface area contributed by atoms with Crippen LogP contribution in [-0.4, -0.2) is 7.11 Å². The molecular weight excluding hydrogens is 264 g/mol. The highest BCUT2D eigenvalue weighted by Gasteiger charge is 2.21. The number of hydrogen-bond donors (Lipinski definition) is 2. The molecule has 1 aromatic carbocycles. The van der Waals surface area contributed by atoms with Gasteiger partial charge in [-0.1, -0.05) is 17.7 Å². The second kappa shape index (κ2) is 6.33. The smallest absolute Gasteiger partial charge is 0.122 e. The topological polar surface area (TPSA) is 60.4 Å². The van der Waals surface area contributed by atoms with Crippen molar-refractivity contribution in [2.45, 2.75) is 40.2 Å². The zero-order valence-electron chi connectivity index (χ0n) is 13.4. The molecule has 1 aromatic heterocycles. The lowest BCUT2D eigenvalue weighted by molar-refractivity contribution is 0.405. The Bertz CT molecular complexity index is 632. The Labute approximate surface area is 126 Å². The van der Waals surface area contributed by atoms with E-state index in [0.29, 0.717) is 0 Å². The highest BCUT2D eigenvalue weighted by atomic mass is 16.5. The van der Waals surface area contributed by atoms with E-state index in [9.17, 15) is 0 Å². The van der Waals surface area contributed by atoms with E-state index < -0.39 is 0 Å². The predicted octanol–water partition coefficient (Wildman–Crippen LogP) is 3.27. The van der Waals surface area contributed by atoms with Crippen molar-refractivity contribution in [2.24, 2.45) is 5.84 Å². The van der Waals surface area contributed by atoms with E-state index in [2.05, 4.69) is 25.3 Å². The average Bonchev–Trinajstić information content (AvgIpc) is 2.70. The minimum absolute atomic E-state index is 0.00171. The SMILES string of the molecule is COc1ccc(C)cc1CC(NN)c1c(C)oc(C)c1C. The number of rotatable bonds is 5. The highest BCUT2D eigenvalue weighted by Crippen LogP contribution is 2.31. The van der Waals surface area contributed by atoms with E-state index in [1.807, 2.05) is 26.0 Å². The fourth-order valence-corrected chi connectivity index (χ4v) is 2.85. The lowest BCUT2D eigenvalue weighted by atomic mass is 9.95. The second-order valence-corrected chi connectivity index (χ2v) is 5.49. The van der Waals surface area contributed by atoms with Crippen molar-refractivity contribution in [1.29, 1.82) is 0 Å². The lowest BCUT2D eigenvalue weighted by Gasteiger charge is -2.19. The number of hydrogen-bond acceptors (Lipinski definition) is 4. The van der Waals surface area contributed by atoms with Gasteiger partial charge in [0.1, 0.15) is 17.3 Å². The molecule has 3 N–H and O–H groups in total. The summed E-state index contributed by atoms with van der Waals surface area (Å²) in [6, 6.07) is 6.18. The zero-order chi connectivity index (χ0) is 15.6. The third-order valence-electron chi connectivity index (χ3n) is 4.03. The molecular formula is C17H24N2O2. The van der Waals surface area contributed by atoms with Gasteiger partial charge in [-0.15, -0.1) is 0 Å². The third-order valence-corrected chi connectivity index (χ3v) is 4.03. The maximum atomic E-state index is 5.80. The van der Waals surface area contributed by atoms with Crippen LogP contribution in [0.2, 0.25) is 0 Å². The van der Waals surface area contributed by atoms with Gasteiger partial charge in [-0.2, -0.15) is 0 Å². The standard InChI is InChI=1S/C17H24N2O2/c1-10-6-7-16(20-5)14(8-10)9-15(19-18)17-11(2)12(3)21-13(17)4/h6-8,15,19H,9,18H2,1-5H3. The van der Waals surface area contributed by atoms with Crippen molar-refractivity contribution in [2.75, 3.05) is 7.11 Å².